The van der Waals surface area contributed by atoms with Crippen molar-refractivity contribution in [3.8, 4) is 0 Å². The van der Waals surface area contributed by atoms with Gasteiger partial charge in [0.05, 0.1) is 12.7 Å². The highest BCUT2D eigenvalue weighted by Gasteiger charge is 2.26. The van der Waals surface area contributed by atoms with Crippen molar-refractivity contribution in [1.29, 1.82) is 0 Å². The lowest BCUT2D eigenvalue weighted by atomic mass is 10.1. The average Bonchev–Trinajstić information content (AvgIpc) is 2.94. The van der Waals surface area contributed by atoms with Crippen LogP contribution in [0.25, 0.3) is 0 Å². The first-order chi connectivity index (χ1) is 10.6. The highest BCUT2D eigenvalue weighted by atomic mass is 19.1. The molecule has 0 unspecified atom stereocenters. The van der Waals surface area contributed by atoms with Crippen molar-refractivity contribution in [3.63, 3.8) is 0 Å². The number of ether oxygens (including phenoxy) is 1. The summed E-state index contributed by atoms with van der Waals surface area (Å²) in [5.41, 5.74) is 0.580. The predicted octanol–water partition coefficient (Wildman–Crippen LogP) is 1.36. The van der Waals surface area contributed by atoms with Gasteiger partial charge < -0.3 is 9.84 Å². The lowest BCUT2D eigenvalue weighted by Crippen LogP contribution is -2.40. The number of H-pyrrole nitrogens is 1. The van der Waals surface area contributed by atoms with E-state index in [0.717, 1.165) is 5.82 Å². The number of β-amino-alcohol motifs (C(OH)–C–C–N with tert-alkyl or cyclic N) is 1. The van der Waals surface area contributed by atoms with Crippen LogP contribution in [0.4, 0.5) is 4.39 Å². The van der Waals surface area contributed by atoms with Crippen LogP contribution in [0.1, 0.15) is 29.4 Å². The Bertz CT molecular complexity index is 634. The van der Waals surface area contributed by atoms with E-state index in [1.807, 2.05) is 6.92 Å². The molecule has 1 saturated heterocycles. The summed E-state index contributed by atoms with van der Waals surface area (Å²) >= 11 is 0. The van der Waals surface area contributed by atoms with E-state index in [1.54, 1.807) is 12.1 Å². The molecule has 2 atom stereocenters. The van der Waals surface area contributed by atoms with Gasteiger partial charge in [-0.3, -0.25) is 10.00 Å². The fourth-order valence-corrected chi connectivity index (χ4v) is 2.59. The topological polar surface area (TPSA) is 74.3 Å². The van der Waals surface area contributed by atoms with Crippen LogP contribution in [0.3, 0.4) is 0 Å². The number of nitrogens with zero attached hydrogens (tertiary/aromatic N) is 3. The van der Waals surface area contributed by atoms with Crippen LogP contribution < -0.4 is 0 Å². The van der Waals surface area contributed by atoms with Crippen molar-refractivity contribution in [2.24, 2.45) is 0 Å². The van der Waals surface area contributed by atoms with E-state index in [4.69, 9.17) is 4.74 Å². The van der Waals surface area contributed by atoms with Gasteiger partial charge in [0.2, 0.25) is 0 Å². The van der Waals surface area contributed by atoms with Crippen LogP contribution in [0, 0.1) is 12.7 Å². The molecule has 118 valence electrons. The van der Waals surface area contributed by atoms with E-state index in [-0.39, 0.29) is 11.9 Å². The molecule has 7 heteroatoms. The maximum absolute atomic E-state index is 13.2. The number of rotatable bonds is 4. The van der Waals surface area contributed by atoms with Crippen molar-refractivity contribution in [1.82, 2.24) is 20.1 Å². The maximum atomic E-state index is 13.2. The van der Waals surface area contributed by atoms with Gasteiger partial charge in [0.1, 0.15) is 17.7 Å². The molecule has 3 rings (SSSR count). The van der Waals surface area contributed by atoms with E-state index in [0.29, 0.717) is 37.6 Å². The van der Waals surface area contributed by atoms with Crippen molar-refractivity contribution in [2.45, 2.75) is 19.1 Å². The van der Waals surface area contributed by atoms with Crippen molar-refractivity contribution in [3.05, 3.63) is 47.3 Å². The molecular weight excluding hydrogens is 287 g/mol. The number of morpholine rings is 1. The Hall–Kier alpha value is -1.83. The monoisotopic (exact) mass is 306 g/mol. The van der Waals surface area contributed by atoms with Crippen molar-refractivity contribution >= 4 is 0 Å². The molecule has 0 aliphatic carbocycles. The molecule has 0 bridgehead atoms. The smallest absolute Gasteiger partial charge is 0.180 e. The number of hydrogen-bond donors (Lipinski definition) is 2. The number of benzene rings is 1. The molecule has 2 aromatic rings. The second-order valence-electron chi connectivity index (χ2n) is 5.47. The Labute approximate surface area is 127 Å². The molecule has 2 heterocycles. The Kier molecular flexibility index (Phi) is 4.47. The number of halogens is 1. The Balaban J connectivity index is 1.62. The zero-order valence-electron chi connectivity index (χ0n) is 12.4. The van der Waals surface area contributed by atoms with E-state index in [1.165, 1.54) is 12.1 Å². The van der Waals surface area contributed by atoms with E-state index in [9.17, 15) is 9.50 Å². The molecule has 1 aromatic carbocycles. The SMILES string of the molecule is Cc1nc([C@@H]2CN(C[C@@H](O)c3cccc(F)c3)CCO2)n[nH]1. The molecule has 1 aliphatic heterocycles. The van der Waals surface area contributed by atoms with Crippen LogP contribution in [0.15, 0.2) is 24.3 Å². The molecule has 22 heavy (non-hydrogen) atoms. The summed E-state index contributed by atoms with van der Waals surface area (Å²) in [5, 5.41) is 17.2. The molecule has 2 N–H and O–H groups in total. The summed E-state index contributed by atoms with van der Waals surface area (Å²) in [6.45, 7) is 4.13. The van der Waals surface area contributed by atoms with Crippen LogP contribution in [-0.4, -0.2) is 51.4 Å². The Morgan fingerprint density at radius 2 is 2.41 bits per heavy atom. The number of aryl methyl sites for hydroxylation is 1. The molecule has 0 radical (unpaired) electrons. The van der Waals surface area contributed by atoms with Crippen LogP contribution >= 0.6 is 0 Å². The summed E-state index contributed by atoms with van der Waals surface area (Å²) in [4.78, 5) is 6.37. The highest BCUT2D eigenvalue weighted by Crippen LogP contribution is 2.22. The molecule has 0 saturated carbocycles. The zero-order valence-corrected chi connectivity index (χ0v) is 12.4. The zero-order chi connectivity index (χ0) is 15.5. The molecular formula is C15H19FN4O2. The van der Waals surface area contributed by atoms with Gasteiger partial charge in [-0.05, 0) is 24.6 Å². The summed E-state index contributed by atoms with van der Waals surface area (Å²) < 4.78 is 18.9. The summed E-state index contributed by atoms with van der Waals surface area (Å²) in [6, 6.07) is 6.06. The Morgan fingerprint density at radius 3 is 3.14 bits per heavy atom. The van der Waals surface area contributed by atoms with Gasteiger partial charge in [-0.25, -0.2) is 9.37 Å². The summed E-state index contributed by atoms with van der Waals surface area (Å²) in [6.07, 6.45) is -0.943. The third-order valence-electron chi connectivity index (χ3n) is 3.72. The van der Waals surface area contributed by atoms with E-state index >= 15 is 0 Å². The normalized spacial score (nSPS) is 21.0. The minimum absolute atomic E-state index is 0.210. The number of hydrogen-bond acceptors (Lipinski definition) is 5. The largest absolute Gasteiger partial charge is 0.387 e. The minimum Gasteiger partial charge on any atom is -0.387 e. The van der Waals surface area contributed by atoms with E-state index < -0.39 is 6.10 Å². The van der Waals surface area contributed by atoms with Gasteiger partial charge in [-0.2, -0.15) is 5.10 Å². The average molecular weight is 306 g/mol. The van der Waals surface area contributed by atoms with Gasteiger partial charge in [0.15, 0.2) is 5.82 Å². The second kappa shape index (κ2) is 6.51. The standard InChI is InChI=1S/C15H19FN4O2/c1-10-17-15(19-18-10)14-9-20(5-6-22-14)8-13(21)11-3-2-4-12(16)7-11/h2-4,7,13-14,21H,5-6,8-9H2,1H3,(H,17,18,19)/t13-,14+/m1/s1. The number of aromatic nitrogens is 3. The second-order valence-corrected chi connectivity index (χ2v) is 5.47. The predicted molar refractivity (Wildman–Crippen MR) is 77.6 cm³/mol. The van der Waals surface area contributed by atoms with Gasteiger partial charge in [-0.15, -0.1) is 0 Å². The highest BCUT2D eigenvalue weighted by molar-refractivity contribution is 5.19. The molecule has 1 aliphatic rings. The third-order valence-corrected chi connectivity index (χ3v) is 3.72. The molecule has 6 nitrogen and oxygen atoms in total. The van der Waals surface area contributed by atoms with Crippen LogP contribution in [-0.2, 0) is 4.74 Å². The molecule has 1 aromatic heterocycles. The van der Waals surface area contributed by atoms with Gasteiger partial charge in [-0.1, -0.05) is 12.1 Å². The number of aromatic amines is 1. The Morgan fingerprint density at radius 1 is 1.55 bits per heavy atom. The fourth-order valence-electron chi connectivity index (χ4n) is 2.59. The lowest BCUT2D eigenvalue weighted by molar-refractivity contribution is -0.0461. The minimum atomic E-state index is -0.733. The number of nitrogens with one attached hydrogen (secondary N) is 1. The van der Waals surface area contributed by atoms with Gasteiger partial charge >= 0.3 is 0 Å². The number of aliphatic hydroxyl groups excluding tert-OH is 1. The fraction of sp³-hybridized carbons (Fsp3) is 0.467. The maximum Gasteiger partial charge on any atom is 0.180 e. The number of aliphatic hydroxyl groups is 1. The quantitative estimate of drug-likeness (QED) is 0.892. The first-order valence-electron chi connectivity index (χ1n) is 7.28. The van der Waals surface area contributed by atoms with Crippen molar-refractivity contribution < 1.29 is 14.2 Å². The molecule has 1 fully saturated rings. The van der Waals surface area contributed by atoms with Crippen LogP contribution in [0.5, 0.6) is 0 Å². The van der Waals surface area contributed by atoms with Gasteiger partial charge in [0.25, 0.3) is 0 Å². The molecule has 0 amide bonds. The summed E-state index contributed by atoms with van der Waals surface area (Å²) in [5.74, 6) is 1.03. The molecule has 0 spiro atoms. The van der Waals surface area contributed by atoms with E-state index in [2.05, 4.69) is 20.1 Å². The third kappa shape index (κ3) is 3.49. The lowest BCUT2D eigenvalue weighted by Gasteiger charge is -2.32. The van der Waals surface area contributed by atoms with Crippen molar-refractivity contribution in [2.75, 3.05) is 26.2 Å². The van der Waals surface area contributed by atoms with Crippen LogP contribution in [0.2, 0.25) is 0 Å². The summed E-state index contributed by atoms with van der Waals surface area (Å²) in [7, 11) is 0. The first kappa shape index (κ1) is 15.1. The van der Waals surface area contributed by atoms with Gasteiger partial charge in [0, 0.05) is 19.6 Å². The first-order valence-corrected chi connectivity index (χ1v) is 7.28.